The molecule has 0 saturated heterocycles. The maximum atomic E-state index is 5.49. The van der Waals surface area contributed by atoms with Crippen LogP contribution in [-0.4, -0.2) is 24.3 Å². The van der Waals surface area contributed by atoms with E-state index in [1.54, 1.807) is 3.58 Å². The monoisotopic (exact) mass is 398 g/mol. The van der Waals surface area contributed by atoms with Crippen molar-refractivity contribution >= 4 is 27.9 Å². The molecule has 21 heavy (non-hydrogen) atoms. The summed E-state index contributed by atoms with van der Waals surface area (Å²) < 4.78 is 4.58. The summed E-state index contributed by atoms with van der Waals surface area (Å²) in [4.78, 5) is 5.64. The van der Waals surface area contributed by atoms with Gasteiger partial charge in [-0.15, -0.1) is 0 Å². The standard InChI is InChI=1S/C8H10N3.2C4H9.CH3.Sn/c9-8(10)11-6-7-4-2-1-3-5-7;2*1-3-4-2;;/h1-2,4-5H,6H2,(H4,9,10,11);2*1,3-4H2,2H3;1H3;/p+1. The second-order valence-electron chi connectivity index (χ2n) is 6.28. The summed E-state index contributed by atoms with van der Waals surface area (Å²) in [6, 6.07) is 9.12. The van der Waals surface area contributed by atoms with Gasteiger partial charge in [-0.1, -0.05) is 0 Å². The SMILES string of the molecule is CCC[CH2][Sn]([CH3])([CH2]CCC)[c]1cccc(C[NH+]=C(N)N)c1. The average molecular weight is 397 g/mol. The van der Waals surface area contributed by atoms with E-state index in [4.69, 9.17) is 11.5 Å². The molecule has 1 aromatic carbocycles. The van der Waals surface area contributed by atoms with Crippen LogP contribution in [0.5, 0.6) is 0 Å². The number of unbranched alkanes of at least 4 members (excludes halogenated alkanes) is 2. The second kappa shape index (κ2) is 9.34. The van der Waals surface area contributed by atoms with E-state index in [0.29, 0.717) is 5.96 Å². The van der Waals surface area contributed by atoms with Crippen molar-refractivity contribution < 1.29 is 4.99 Å². The van der Waals surface area contributed by atoms with Gasteiger partial charge in [0, 0.05) is 0 Å². The van der Waals surface area contributed by atoms with E-state index in [0.717, 1.165) is 6.54 Å². The molecule has 3 nitrogen and oxygen atoms in total. The summed E-state index contributed by atoms with van der Waals surface area (Å²) in [6.07, 6.45) is 5.36. The molecule has 0 aliphatic heterocycles. The van der Waals surface area contributed by atoms with Gasteiger partial charge < -0.3 is 0 Å². The number of hydrogen-bond donors (Lipinski definition) is 3. The van der Waals surface area contributed by atoms with Gasteiger partial charge in [-0.05, 0) is 0 Å². The van der Waals surface area contributed by atoms with Crippen LogP contribution >= 0.6 is 0 Å². The van der Waals surface area contributed by atoms with Crippen LogP contribution in [0.4, 0.5) is 0 Å². The van der Waals surface area contributed by atoms with Gasteiger partial charge in [-0.2, -0.15) is 0 Å². The van der Waals surface area contributed by atoms with E-state index in [-0.39, 0.29) is 0 Å². The summed E-state index contributed by atoms with van der Waals surface area (Å²) in [7, 11) is 0. The van der Waals surface area contributed by atoms with Gasteiger partial charge in [-0.3, -0.25) is 0 Å². The molecule has 0 saturated carbocycles. The molecule has 4 heteroatoms. The molecule has 1 aromatic rings. The number of benzene rings is 1. The molecule has 0 unspecified atom stereocenters. The van der Waals surface area contributed by atoms with Gasteiger partial charge >= 0.3 is 134 Å². The summed E-state index contributed by atoms with van der Waals surface area (Å²) in [5, 5.41) is 0. The second-order valence-corrected chi connectivity index (χ2v) is 19.7. The van der Waals surface area contributed by atoms with Crippen LogP contribution in [0.2, 0.25) is 13.8 Å². The third-order valence-electron chi connectivity index (χ3n) is 4.28. The molecule has 0 spiro atoms. The summed E-state index contributed by atoms with van der Waals surface area (Å²) in [5.74, 6) is 0.295. The van der Waals surface area contributed by atoms with Crippen LogP contribution in [0, 0.1) is 0 Å². The normalized spacial score (nSPS) is 11.4. The van der Waals surface area contributed by atoms with E-state index in [1.807, 2.05) is 0 Å². The van der Waals surface area contributed by atoms with E-state index >= 15 is 0 Å². The first-order valence-electron chi connectivity index (χ1n) is 8.23. The Morgan fingerprint density at radius 3 is 2.24 bits per heavy atom. The Labute approximate surface area is 134 Å². The zero-order valence-electron chi connectivity index (χ0n) is 13.9. The number of guanidine groups is 1. The van der Waals surface area contributed by atoms with Gasteiger partial charge in [-0.25, -0.2) is 0 Å². The first-order valence-corrected chi connectivity index (χ1v) is 16.5. The van der Waals surface area contributed by atoms with Crippen molar-refractivity contribution in [2.75, 3.05) is 0 Å². The van der Waals surface area contributed by atoms with E-state index in [1.165, 1.54) is 40.1 Å². The van der Waals surface area contributed by atoms with Crippen LogP contribution in [0.1, 0.15) is 45.1 Å². The fourth-order valence-corrected chi connectivity index (χ4v) is 14.6. The Morgan fingerprint density at radius 1 is 1.10 bits per heavy atom. The Bertz CT molecular complexity index is 445. The molecule has 0 heterocycles. The first-order chi connectivity index (χ1) is 10.0. The topological polar surface area (TPSA) is 66.0 Å². The Morgan fingerprint density at radius 2 is 1.71 bits per heavy atom. The van der Waals surface area contributed by atoms with Gasteiger partial charge in [0.1, 0.15) is 0 Å². The van der Waals surface area contributed by atoms with Gasteiger partial charge in [0.15, 0.2) is 0 Å². The zero-order chi connectivity index (χ0) is 15.7. The first kappa shape index (κ1) is 18.3. The molecule has 0 aliphatic carbocycles. The predicted octanol–water partition coefficient (Wildman–Crippen LogP) is 1.43. The number of hydrogen-bond acceptors (Lipinski definition) is 0. The minimum atomic E-state index is -2.19. The Balaban J connectivity index is 2.95. The number of nitrogens with one attached hydrogen (secondary N) is 1. The van der Waals surface area contributed by atoms with Crippen LogP contribution in [0.25, 0.3) is 0 Å². The molecule has 0 fully saturated rings. The van der Waals surface area contributed by atoms with Crippen molar-refractivity contribution in [3.8, 4) is 0 Å². The molecule has 0 radical (unpaired) electrons. The summed E-state index contributed by atoms with van der Waals surface area (Å²) in [6.45, 7) is 5.32. The third-order valence-corrected chi connectivity index (χ3v) is 17.5. The average Bonchev–Trinajstić information content (AvgIpc) is 2.49. The van der Waals surface area contributed by atoms with Gasteiger partial charge in [0.2, 0.25) is 0 Å². The minimum absolute atomic E-state index is 0.295. The molecule has 118 valence electrons. The van der Waals surface area contributed by atoms with Crippen molar-refractivity contribution in [2.24, 2.45) is 11.5 Å². The molecule has 0 aromatic heterocycles. The van der Waals surface area contributed by atoms with Crippen LogP contribution in [-0.2, 0) is 6.54 Å². The molecule has 1 rings (SSSR count). The summed E-state index contributed by atoms with van der Waals surface area (Å²) in [5.41, 5.74) is 12.3. The Kier molecular flexibility index (Phi) is 8.15. The summed E-state index contributed by atoms with van der Waals surface area (Å²) >= 11 is -2.19. The molecule has 0 amide bonds. The van der Waals surface area contributed by atoms with E-state index < -0.39 is 18.4 Å². The fourth-order valence-electron chi connectivity index (χ4n) is 2.81. The van der Waals surface area contributed by atoms with E-state index in [9.17, 15) is 0 Å². The molecule has 5 N–H and O–H groups in total. The van der Waals surface area contributed by atoms with Gasteiger partial charge in [0.25, 0.3) is 0 Å². The quantitative estimate of drug-likeness (QED) is 0.335. The zero-order valence-corrected chi connectivity index (χ0v) is 16.8. The number of rotatable bonds is 9. The molecule has 0 bridgehead atoms. The third kappa shape index (κ3) is 6.28. The molecule has 0 aliphatic rings. The molecular weight excluding hydrogens is 365 g/mol. The van der Waals surface area contributed by atoms with Crippen molar-refractivity contribution in [3.63, 3.8) is 0 Å². The van der Waals surface area contributed by atoms with Crippen LogP contribution < -0.4 is 20.0 Å². The number of nitrogens with two attached hydrogens (primary N) is 2. The van der Waals surface area contributed by atoms with Crippen molar-refractivity contribution in [2.45, 2.75) is 59.9 Å². The van der Waals surface area contributed by atoms with Crippen molar-refractivity contribution in [1.82, 2.24) is 0 Å². The van der Waals surface area contributed by atoms with Gasteiger partial charge in [0.05, 0.1) is 0 Å². The van der Waals surface area contributed by atoms with Crippen molar-refractivity contribution in [1.29, 1.82) is 0 Å². The molecular formula is C17H32N3Sn+. The van der Waals surface area contributed by atoms with Crippen molar-refractivity contribution in [3.05, 3.63) is 29.8 Å². The van der Waals surface area contributed by atoms with Crippen LogP contribution in [0.15, 0.2) is 24.3 Å². The molecule has 0 atom stereocenters. The maximum absolute atomic E-state index is 5.49. The van der Waals surface area contributed by atoms with Crippen LogP contribution in [0.3, 0.4) is 0 Å². The Hall–Kier alpha value is -0.711. The predicted molar refractivity (Wildman–Crippen MR) is 95.2 cm³/mol. The van der Waals surface area contributed by atoms with E-state index in [2.05, 4.69) is 48.0 Å². The fraction of sp³-hybridized carbons (Fsp3) is 0.588.